The van der Waals surface area contributed by atoms with Gasteiger partial charge in [0.2, 0.25) is 0 Å². The van der Waals surface area contributed by atoms with Gasteiger partial charge in [-0.15, -0.1) is 0 Å². The molecule has 2 aromatic rings. The van der Waals surface area contributed by atoms with Crippen molar-refractivity contribution < 1.29 is 23.1 Å². The van der Waals surface area contributed by atoms with Crippen molar-refractivity contribution in [3.8, 4) is 11.1 Å². The van der Waals surface area contributed by atoms with Crippen molar-refractivity contribution >= 4 is 21.7 Å². The van der Waals surface area contributed by atoms with Gasteiger partial charge < -0.3 is 10.4 Å². The summed E-state index contributed by atoms with van der Waals surface area (Å²) in [4.78, 5) is 27.5. The molecule has 1 atom stereocenters. The highest BCUT2D eigenvalue weighted by atomic mass is 32.2. The van der Waals surface area contributed by atoms with Crippen LogP contribution in [0.3, 0.4) is 0 Å². The molecule has 2 aromatic carbocycles. The monoisotopic (exact) mass is 572 g/mol. The van der Waals surface area contributed by atoms with E-state index < -0.39 is 27.8 Å². The van der Waals surface area contributed by atoms with E-state index >= 15 is 0 Å². The van der Waals surface area contributed by atoms with Crippen LogP contribution in [0.15, 0.2) is 42.5 Å². The summed E-state index contributed by atoms with van der Waals surface area (Å²) in [7, 11) is -1.22. The Kier molecular flexibility index (Phi) is 11.9. The van der Waals surface area contributed by atoms with Crippen molar-refractivity contribution in [2.24, 2.45) is 5.92 Å². The van der Waals surface area contributed by atoms with Gasteiger partial charge in [-0.2, -0.15) is 0 Å². The maximum absolute atomic E-state index is 13.4. The smallest absolute Gasteiger partial charge is 0.326 e. The van der Waals surface area contributed by atoms with Gasteiger partial charge in [-0.3, -0.25) is 9.69 Å². The number of carboxylic acids is 1. The number of aryl methyl sites for hydroxylation is 1. The summed E-state index contributed by atoms with van der Waals surface area (Å²) in [5.41, 5.74) is 4.08. The summed E-state index contributed by atoms with van der Waals surface area (Å²) in [6.07, 6.45) is 8.61. The molecule has 222 valence electrons. The number of hydrogen-bond acceptors (Lipinski definition) is 5. The van der Waals surface area contributed by atoms with E-state index in [-0.39, 0.29) is 25.1 Å². The maximum Gasteiger partial charge on any atom is 0.326 e. The third-order valence-corrected chi connectivity index (χ3v) is 9.09. The Balaban J connectivity index is 0.00000560. The molecule has 1 fully saturated rings. The van der Waals surface area contributed by atoms with Gasteiger partial charge in [-0.25, -0.2) is 13.2 Å². The van der Waals surface area contributed by atoms with Crippen molar-refractivity contribution in [1.82, 2.24) is 10.2 Å². The van der Waals surface area contributed by atoms with E-state index in [9.17, 15) is 23.1 Å². The zero-order valence-corrected chi connectivity index (χ0v) is 24.8. The molecule has 1 aliphatic carbocycles. The zero-order chi connectivity index (χ0) is 28.8. The second-order valence-electron chi connectivity index (χ2n) is 11.9. The number of carbonyl (C=O) groups is 2. The van der Waals surface area contributed by atoms with Crippen LogP contribution in [-0.2, 0) is 21.2 Å². The predicted octanol–water partition coefficient (Wildman–Crippen LogP) is 6.10. The number of nitrogens with one attached hydrogen (secondary N) is 1. The van der Waals surface area contributed by atoms with Crippen molar-refractivity contribution in [1.29, 1.82) is 0 Å². The first kappa shape index (κ1) is 33.5. The molecule has 1 amide bonds. The summed E-state index contributed by atoms with van der Waals surface area (Å²) >= 11 is 0. The van der Waals surface area contributed by atoms with Crippen LogP contribution in [0.1, 0.15) is 87.7 Å². The third kappa shape index (κ3) is 9.44. The van der Waals surface area contributed by atoms with Crippen molar-refractivity contribution in [3.63, 3.8) is 0 Å². The molecule has 0 bridgehead atoms. The molecule has 40 heavy (non-hydrogen) atoms. The van der Waals surface area contributed by atoms with E-state index in [1.807, 2.05) is 43.3 Å². The molecule has 0 aliphatic heterocycles. The molecule has 0 unspecified atom stereocenters. The van der Waals surface area contributed by atoms with Gasteiger partial charge in [0.1, 0.15) is 15.9 Å². The number of rotatable bonds is 12. The average molecular weight is 573 g/mol. The molecular weight excluding hydrogens is 524 g/mol. The summed E-state index contributed by atoms with van der Waals surface area (Å²) in [6.45, 7) is 7.30. The molecule has 2 N–H and O–H groups in total. The number of carbonyl (C=O) groups excluding carboxylic acids is 1. The molecule has 0 heterocycles. The van der Waals surface area contributed by atoms with E-state index in [0.29, 0.717) is 12.1 Å². The average Bonchev–Trinajstić information content (AvgIpc) is 2.86. The fraction of sp³-hybridized carbons (Fsp3) is 0.562. The van der Waals surface area contributed by atoms with Gasteiger partial charge >= 0.3 is 5.97 Å². The van der Waals surface area contributed by atoms with E-state index in [1.54, 1.807) is 6.07 Å². The van der Waals surface area contributed by atoms with Gasteiger partial charge in [-0.05, 0) is 81.0 Å². The van der Waals surface area contributed by atoms with E-state index in [1.165, 1.54) is 32.1 Å². The van der Waals surface area contributed by atoms with Crippen molar-refractivity contribution in [3.05, 3.63) is 59.2 Å². The lowest BCUT2D eigenvalue weighted by Crippen LogP contribution is -2.42. The molecule has 0 saturated heterocycles. The lowest BCUT2D eigenvalue weighted by atomic mass is 9.80. The number of carboxylic acid groups (broad SMARTS) is 1. The summed E-state index contributed by atoms with van der Waals surface area (Å²) in [5.74, 6) is -1.36. The van der Waals surface area contributed by atoms with E-state index in [4.69, 9.17) is 0 Å². The summed E-state index contributed by atoms with van der Waals surface area (Å²) in [6, 6.07) is 12.2. The van der Waals surface area contributed by atoms with E-state index in [0.717, 1.165) is 40.8 Å². The SMILES string of the molecule is C.Cc1ccccc1-c1cc(CN(C)C(C)(C)CC2CCCCC2)ccc1C(=O)N[C@@H](CCS(C)(=O)=O)C(=O)O. The van der Waals surface area contributed by atoms with E-state index in [2.05, 4.69) is 31.1 Å². The Bertz CT molecular complexity index is 1270. The minimum atomic E-state index is -3.37. The number of amides is 1. The highest BCUT2D eigenvalue weighted by Gasteiger charge is 2.29. The molecule has 8 heteroatoms. The second-order valence-corrected chi connectivity index (χ2v) is 14.1. The quantitative estimate of drug-likeness (QED) is 0.319. The van der Waals surface area contributed by atoms with Crippen molar-refractivity contribution in [2.45, 2.75) is 91.3 Å². The number of sulfone groups is 1. The fourth-order valence-corrected chi connectivity index (χ4v) is 6.22. The molecule has 7 nitrogen and oxygen atoms in total. The molecule has 3 rings (SSSR count). The van der Waals surface area contributed by atoms with Gasteiger partial charge in [0.05, 0.1) is 5.75 Å². The Labute approximate surface area is 241 Å². The standard InChI is InChI=1S/C31H44N2O5S.CH4/c1-22-11-9-10-14-25(22)27-19-24(21-33(4)31(2,3)20-23-12-7-6-8-13-23)15-16-26(27)29(34)32-28(30(35)36)17-18-39(5,37)38;/h9-11,14-16,19,23,28H,6-8,12-13,17-18,20-21H2,1-5H3,(H,32,34)(H,35,36);1H4/t28-;/m0./s1. The van der Waals surface area contributed by atoms with Gasteiger partial charge in [0, 0.05) is 23.9 Å². The van der Waals surface area contributed by atoms with Crippen LogP contribution in [0.2, 0.25) is 0 Å². The van der Waals surface area contributed by atoms with Crippen LogP contribution in [0.4, 0.5) is 0 Å². The number of nitrogens with zero attached hydrogens (tertiary/aromatic N) is 1. The third-order valence-electron chi connectivity index (χ3n) is 8.11. The van der Waals surface area contributed by atoms with Crippen LogP contribution in [0, 0.1) is 12.8 Å². The van der Waals surface area contributed by atoms with Crippen LogP contribution >= 0.6 is 0 Å². The fourth-order valence-electron chi connectivity index (χ4n) is 5.55. The van der Waals surface area contributed by atoms with Crippen LogP contribution in [0.5, 0.6) is 0 Å². The first-order valence-electron chi connectivity index (χ1n) is 13.9. The number of aliphatic carboxylic acids is 1. The largest absolute Gasteiger partial charge is 0.480 e. The normalized spacial score (nSPS) is 15.3. The topological polar surface area (TPSA) is 104 Å². The summed E-state index contributed by atoms with van der Waals surface area (Å²) in [5, 5.41) is 12.2. The maximum atomic E-state index is 13.4. The Hall–Kier alpha value is -2.71. The molecule has 0 radical (unpaired) electrons. The lowest BCUT2D eigenvalue weighted by Gasteiger charge is -2.39. The zero-order valence-electron chi connectivity index (χ0n) is 24.0. The lowest BCUT2D eigenvalue weighted by molar-refractivity contribution is -0.139. The van der Waals surface area contributed by atoms with Crippen LogP contribution in [-0.4, -0.2) is 60.9 Å². The minimum absolute atomic E-state index is 0. The van der Waals surface area contributed by atoms with Gasteiger partial charge in [0.15, 0.2) is 0 Å². The number of hydrogen-bond donors (Lipinski definition) is 2. The van der Waals surface area contributed by atoms with Crippen LogP contribution < -0.4 is 5.32 Å². The molecule has 1 aliphatic rings. The second kappa shape index (κ2) is 14.3. The van der Waals surface area contributed by atoms with Gasteiger partial charge in [0.25, 0.3) is 5.91 Å². The van der Waals surface area contributed by atoms with Crippen LogP contribution in [0.25, 0.3) is 11.1 Å². The highest BCUT2D eigenvalue weighted by Crippen LogP contribution is 2.34. The Morgan fingerprint density at radius 2 is 1.73 bits per heavy atom. The first-order chi connectivity index (χ1) is 18.3. The Morgan fingerprint density at radius 3 is 2.33 bits per heavy atom. The minimum Gasteiger partial charge on any atom is -0.480 e. The Morgan fingerprint density at radius 1 is 1.07 bits per heavy atom. The molecular formula is C32H48N2O5S. The summed E-state index contributed by atoms with van der Waals surface area (Å²) < 4.78 is 23.2. The predicted molar refractivity (Wildman–Crippen MR) is 163 cm³/mol. The highest BCUT2D eigenvalue weighted by molar-refractivity contribution is 7.90. The first-order valence-corrected chi connectivity index (χ1v) is 15.9. The number of benzene rings is 2. The molecule has 0 spiro atoms. The molecule has 1 saturated carbocycles. The molecule has 0 aromatic heterocycles. The van der Waals surface area contributed by atoms with Crippen molar-refractivity contribution in [2.75, 3.05) is 19.1 Å². The van der Waals surface area contributed by atoms with Gasteiger partial charge in [-0.1, -0.05) is 69.9 Å².